The number of ether oxygens (including phenoxy) is 1. The highest BCUT2D eigenvalue weighted by molar-refractivity contribution is 5.71. The molecular weight excluding hydrogens is 262 g/mol. The largest absolute Gasteiger partial charge is 0.469 e. The van der Waals surface area contributed by atoms with E-state index in [0.29, 0.717) is 5.92 Å². The van der Waals surface area contributed by atoms with Gasteiger partial charge in [0.25, 0.3) is 0 Å². The van der Waals surface area contributed by atoms with E-state index < -0.39 is 0 Å². The Kier molecular flexibility index (Phi) is 5.80. The maximum atomic E-state index is 11.5. The highest BCUT2D eigenvalue weighted by Crippen LogP contribution is 2.25. The van der Waals surface area contributed by atoms with Crippen LogP contribution in [0.15, 0.2) is 24.3 Å². The first-order valence-corrected chi connectivity index (χ1v) is 7.94. The summed E-state index contributed by atoms with van der Waals surface area (Å²) in [6.07, 6.45) is 3.34. The summed E-state index contributed by atoms with van der Waals surface area (Å²) in [7, 11) is 1.48. The number of hydrogen-bond donors (Lipinski definition) is 0. The Balaban J connectivity index is 1.75. The maximum absolute atomic E-state index is 11.5. The topological polar surface area (TPSA) is 29.5 Å². The molecular formula is C18H27NO2. The van der Waals surface area contributed by atoms with Gasteiger partial charge in [-0.3, -0.25) is 9.69 Å². The molecule has 3 heteroatoms. The van der Waals surface area contributed by atoms with Gasteiger partial charge < -0.3 is 4.74 Å². The van der Waals surface area contributed by atoms with Gasteiger partial charge in [-0.2, -0.15) is 0 Å². The van der Waals surface area contributed by atoms with Gasteiger partial charge in [0.05, 0.1) is 13.0 Å². The summed E-state index contributed by atoms with van der Waals surface area (Å²) >= 11 is 0. The smallest absolute Gasteiger partial charge is 0.308 e. The normalized spacial score (nSPS) is 18.4. The maximum Gasteiger partial charge on any atom is 0.308 e. The van der Waals surface area contributed by atoms with Gasteiger partial charge >= 0.3 is 5.97 Å². The van der Waals surface area contributed by atoms with Gasteiger partial charge in [0.15, 0.2) is 0 Å². The predicted molar refractivity (Wildman–Crippen MR) is 85.0 cm³/mol. The molecule has 0 amide bonds. The van der Waals surface area contributed by atoms with Crippen molar-refractivity contribution in [1.82, 2.24) is 4.90 Å². The number of methoxy groups -OCH3 is 1. The molecule has 1 aliphatic heterocycles. The third kappa shape index (κ3) is 4.85. The Bertz CT molecular complexity index is 447. The van der Waals surface area contributed by atoms with Crippen LogP contribution in [0.2, 0.25) is 0 Å². The van der Waals surface area contributed by atoms with E-state index in [0.717, 1.165) is 26.1 Å². The number of nitrogens with zero attached hydrogens (tertiary/aromatic N) is 1. The van der Waals surface area contributed by atoms with E-state index in [9.17, 15) is 4.79 Å². The number of likely N-dealkylation sites (tertiary alicyclic amines) is 1. The summed E-state index contributed by atoms with van der Waals surface area (Å²) in [5, 5.41) is 0. The van der Waals surface area contributed by atoms with Crippen molar-refractivity contribution >= 4 is 5.97 Å². The molecule has 0 radical (unpaired) electrons. The molecule has 0 aromatic heterocycles. The number of carbonyl (C=O) groups excluding carboxylic acids is 1. The van der Waals surface area contributed by atoms with Gasteiger partial charge in [0.1, 0.15) is 0 Å². The fourth-order valence-corrected chi connectivity index (χ4v) is 3.13. The van der Waals surface area contributed by atoms with Crippen molar-refractivity contribution in [3.63, 3.8) is 0 Å². The lowest BCUT2D eigenvalue weighted by atomic mass is 9.88. The second-order valence-corrected chi connectivity index (χ2v) is 6.37. The van der Waals surface area contributed by atoms with Gasteiger partial charge in [0.2, 0.25) is 0 Å². The molecule has 0 N–H and O–H groups in total. The molecule has 116 valence electrons. The van der Waals surface area contributed by atoms with Crippen molar-refractivity contribution < 1.29 is 9.53 Å². The number of aryl methyl sites for hydroxylation is 1. The molecule has 0 aliphatic carbocycles. The highest BCUT2D eigenvalue weighted by atomic mass is 16.5. The molecule has 1 aromatic rings. The van der Waals surface area contributed by atoms with Crippen LogP contribution in [-0.2, 0) is 16.1 Å². The first-order valence-electron chi connectivity index (χ1n) is 7.94. The van der Waals surface area contributed by atoms with Crippen LogP contribution < -0.4 is 0 Å². The van der Waals surface area contributed by atoms with Crippen molar-refractivity contribution in [3.8, 4) is 0 Å². The predicted octanol–water partition coefficient (Wildman–Crippen LogP) is 3.41. The van der Waals surface area contributed by atoms with E-state index in [4.69, 9.17) is 4.74 Å². The average molecular weight is 289 g/mol. The number of rotatable bonds is 5. The van der Waals surface area contributed by atoms with Crippen molar-refractivity contribution in [2.75, 3.05) is 20.2 Å². The molecule has 1 unspecified atom stereocenters. The Labute approximate surface area is 128 Å². The molecule has 1 atom stereocenters. The number of esters is 1. The minimum absolute atomic E-state index is 0.0312. The highest BCUT2D eigenvalue weighted by Gasteiger charge is 2.24. The minimum atomic E-state index is -0.0721. The van der Waals surface area contributed by atoms with Crippen LogP contribution >= 0.6 is 0 Å². The molecule has 2 rings (SSSR count). The third-order valence-electron chi connectivity index (χ3n) is 4.52. The number of benzene rings is 1. The van der Waals surface area contributed by atoms with E-state index in [-0.39, 0.29) is 11.9 Å². The zero-order valence-corrected chi connectivity index (χ0v) is 13.5. The fraction of sp³-hybridized carbons (Fsp3) is 0.611. The van der Waals surface area contributed by atoms with Crippen LogP contribution in [0.5, 0.6) is 0 Å². The van der Waals surface area contributed by atoms with Gasteiger partial charge in [-0.25, -0.2) is 0 Å². The van der Waals surface area contributed by atoms with Crippen molar-refractivity contribution in [2.24, 2.45) is 11.8 Å². The van der Waals surface area contributed by atoms with Gasteiger partial charge in [-0.05, 0) is 50.8 Å². The zero-order chi connectivity index (χ0) is 15.2. The Morgan fingerprint density at radius 2 is 1.90 bits per heavy atom. The molecule has 3 nitrogen and oxygen atoms in total. The average Bonchev–Trinajstić information content (AvgIpc) is 2.50. The van der Waals surface area contributed by atoms with Crippen LogP contribution in [0.1, 0.15) is 37.3 Å². The van der Waals surface area contributed by atoms with Crippen LogP contribution in [0, 0.1) is 18.8 Å². The summed E-state index contributed by atoms with van der Waals surface area (Å²) in [6.45, 7) is 7.40. The lowest BCUT2D eigenvalue weighted by Crippen LogP contribution is -2.34. The minimum Gasteiger partial charge on any atom is -0.469 e. The lowest BCUT2D eigenvalue weighted by molar-refractivity contribution is -0.145. The van der Waals surface area contributed by atoms with Gasteiger partial charge in [-0.15, -0.1) is 0 Å². The van der Waals surface area contributed by atoms with Gasteiger partial charge in [-0.1, -0.05) is 36.8 Å². The number of carbonyl (C=O) groups is 1. The molecule has 1 saturated heterocycles. The van der Waals surface area contributed by atoms with Crippen molar-refractivity contribution in [2.45, 2.75) is 39.7 Å². The van der Waals surface area contributed by atoms with E-state index in [2.05, 4.69) is 36.1 Å². The number of piperidine rings is 1. The molecule has 0 spiro atoms. The van der Waals surface area contributed by atoms with Crippen LogP contribution in [0.25, 0.3) is 0 Å². The molecule has 1 aromatic carbocycles. The second kappa shape index (κ2) is 7.60. The SMILES string of the molecule is COC(=O)C(C)CC1CCN(Cc2ccc(C)cc2)CC1. The molecule has 1 aliphatic rings. The van der Waals surface area contributed by atoms with Crippen molar-refractivity contribution in [3.05, 3.63) is 35.4 Å². The summed E-state index contributed by atoms with van der Waals surface area (Å²) in [5.41, 5.74) is 2.70. The molecule has 21 heavy (non-hydrogen) atoms. The first-order chi connectivity index (χ1) is 10.1. The first kappa shape index (κ1) is 16.0. The lowest BCUT2D eigenvalue weighted by Gasteiger charge is -2.32. The van der Waals surface area contributed by atoms with Crippen LogP contribution in [-0.4, -0.2) is 31.1 Å². The van der Waals surface area contributed by atoms with Crippen LogP contribution in [0.3, 0.4) is 0 Å². The standard InChI is InChI=1S/C18H27NO2/c1-14-4-6-17(7-5-14)13-19-10-8-16(9-11-19)12-15(2)18(20)21-3/h4-7,15-16H,8-13H2,1-3H3. The summed E-state index contributed by atoms with van der Waals surface area (Å²) in [4.78, 5) is 14.0. The quantitative estimate of drug-likeness (QED) is 0.778. The molecule has 0 saturated carbocycles. The van der Waals surface area contributed by atoms with Gasteiger partial charge in [0, 0.05) is 6.54 Å². The third-order valence-corrected chi connectivity index (χ3v) is 4.52. The Morgan fingerprint density at radius 1 is 1.29 bits per heavy atom. The van der Waals surface area contributed by atoms with Crippen LogP contribution in [0.4, 0.5) is 0 Å². The van der Waals surface area contributed by atoms with E-state index >= 15 is 0 Å². The van der Waals surface area contributed by atoms with E-state index in [1.807, 2.05) is 6.92 Å². The molecule has 1 heterocycles. The van der Waals surface area contributed by atoms with E-state index in [1.54, 1.807) is 0 Å². The summed E-state index contributed by atoms with van der Waals surface area (Å²) in [6, 6.07) is 8.81. The summed E-state index contributed by atoms with van der Waals surface area (Å²) < 4.78 is 4.81. The fourth-order valence-electron chi connectivity index (χ4n) is 3.13. The molecule has 1 fully saturated rings. The zero-order valence-electron chi connectivity index (χ0n) is 13.5. The Morgan fingerprint density at radius 3 is 2.48 bits per heavy atom. The number of hydrogen-bond acceptors (Lipinski definition) is 3. The molecule has 0 bridgehead atoms. The van der Waals surface area contributed by atoms with E-state index in [1.165, 1.54) is 31.1 Å². The Hall–Kier alpha value is -1.35. The summed E-state index contributed by atoms with van der Waals surface area (Å²) in [5.74, 6) is 0.620. The monoisotopic (exact) mass is 289 g/mol. The van der Waals surface area contributed by atoms with Crippen molar-refractivity contribution in [1.29, 1.82) is 0 Å². The second-order valence-electron chi connectivity index (χ2n) is 6.37.